The lowest BCUT2D eigenvalue weighted by atomic mass is 10.3. The van der Waals surface area contributed by atoms with Crippen molar-refractivity contribution in [1.29, 1.82) is 0 Å². The minimum atomic E-state index is 0.513. The van der Waals surface area contributed by atoms with Crippen LogP contribution in [0.3, 0.4) is 0 Å². The fourth-order valence-corrected chi connectivity index (χ4v) is 3.06. The fraction of sp³-hybridized carbons (Fsp3) is 0.211. The summed E-state index contributed by atoms with van der Waals surface area (Å²) in [6.07, 6.45) is 0. The number of nitrogens with zero attached hydrogens (tertiary/aromatic N) is 4. The van der Waals surface area contributed by atoms with Gasteiger partial charge in [-0.3, -0.25) is 0 Å². The van der Waals surface area contributed by atoms with E-state index in [0.29, 0.717) is 17.8 Å². The van der Waals surface area contributed by atoms with Gasteiger partial charge in [0.2, 0.25) is 17.8 Å². The second kappa shape index (κ2) is 8.32. The van der Waals surface area contributed by atoms with Gasteiger partial charge in [-0.2, -0.15) is 15.0 Å². The van der Waals surface area contributed by atoms with Crippen LogP contribution in [-0.2, 0) is 0 Å². The van der Waals surface area contributed by atoms with Crippen molar-refractivity contribution >= 4 is 45.1 Å². The largest absolute Gasteiger partial charge is 0.338 e. The molecule has 2 heterocycles. The molecule has 1 aliphatic rings. The molecule has 0 spiro atoms. The summed E-state index contributed by atoms with van der Waals surface area (Å²) in [4.78, 5) is 16.0. The molecule has 0 radical (unpaired) electrons. The summed E-state index contributed by atoms with van der Waals surface area (Å²) in [5.41, 5.74) is 1.85. The molecule has 0 aliphatic carbocycles. The third-order valence-electron chi connectivity index (χ3n) is 4.15. The van der Waals surface area contributed by atoms with Crippen LogP contribution in [-0.4, -0.2) is 41.1 Å². The Bertz CT molecular complexity index is 880. The van der Waals surface area contributed by atoms with Crippen LogP contribution in [0.2, 0.25) is 0 Å². The van der Waals surface area contributed by atoms with Gasteiger partial charge in [-0.05, 0) is 36.4 Å². The Labute approximate surface area is 166 Å². The molecule has 1 fully saturated rings. The van der Waals surface area contributed by atoms with Gasteiger partial charge in [-0.25, -0.2) is 0 Å². The topological polar surface area (TPSA) is 78.0 Å². The molecule has 0 bridgehead atoms. The number of rotatable bonds is 5. The first-order chi connectivity index (χ1) is 13.3. The van der Waals surface area contributed by atoms with Gasteiger partial charge in [0.05, 0.1) is 0 Å². The first-order valence-corrected chi connectivity index (χ1v) is 9.62. The predicted molar refractivity (Wildman–Crippen MR) is 112 cm³/mol. The quantitative estimate of drug-likeness (QED) is 0.576. The predicted octanol–water partition coefficient (Wildman–Crippen LogP) is 3.53. The third-order valence-corrected chi connectivity index (χ3v) is 4.68. The normalized spacial score (nSPS) is 14.0. The molecule has 0 atom stereocenters. The van der Waals surface area contributed by atoms with Crippen LogP contribution in [0.5, 0.6) is 0 Å². The zero-order chi connectivity index (χ0) is 18.5. The van der Waals surface area contributed by atoms with Gasteiger partial charge in [0.25, 0.3) is 0 Å². The zero-order valence-electron chi connectivity index (χ0n) is 14.7. The average Bonchev–Trinajstić information content (AvgIpc) is 2.71. The molecular formula is C19H20BrN7. The van der Waals surface area contributed by atoms with E-state index in [1.807, 2.05) is 54.6 Å². The summed E-state index contributed by atoms with van der Waals surface area (Å²) in [7, 11) is 0. The van der Waals surface area contributed by atoms with Gasteiger partial charge in [0, 0.05) is 42.0 Å². The highest BCUT2D eigenvalue weighted by Gasteiger charge is 2.16. The van der Waals surface area contributed by atoms with E-state index in [-0.39, 0.29) is 0 Å². The maximum Gasteiger partial charge on any atom is 0.233 e. The highest BCUT2D eigenvalue weighted by atomic mass is 79.9. The molecule has 0 unspecified atom stereocenters. The first kappa shape index (κ1) is 17.7. The second-order valence-corrected chi connectivity index (χ2v) is 7.06. The Morgan fingerprint density at radius 1 is 0.778 bits per heavy atom. The lowest BCUT2D eigenvalue weighted by molar-refractivity contribution is 0.579. The van der Waals surface area contributed by atoms with E-state index in [0.717, 1.165) is 42.0 Å². The first-order valence-electron chi connectivity index (χ1n) is 8.83. The molecule has 7 nitrogen and oxygen atoms in total. The van der Waals surface area contributed by atoms with Crippen molar-refractivity contribution in [3.63, 3.8) is 0 Å². The Hall–Kier alpha value is -2.71. The molecule has 0 amide bonds. The molecule has 8 heteroatoms. The van der Waals surface area contributed by atoms with Crippen LogP contribution >= 0.6 is 15.9 Å². The van der Waals surface area contributed by atoms with Gasteiger partial charge in [0.1, 0.15) is 0 Å². The van der Waals surface area contributed by atoms with Crippen LogP contribution in [0.1, 0.15) is 0 Å². The van der Waals surface area contributed by atoms with Crippen LogP contribution in [0.4, 0.5) is 29.2 Å². The summed E-state index contributed by atoms with van der Waals surface area (Å²) < 4.78 is 1.02. The van der Waals surface area contributed by atoms with Gasteiger partial charge in [-0.1, -0.05) is 34.1 Å². The van der Waals surface area contributed by atoms with Crippen molar-refractivity contribution in [3.05, 3.63) is 59.1 Å². The number of piperazine rings is 1. The monoisotopic (exact) mass is 425 g/mol. The van der Waals surface area contributed by atoms with E-state index in [9.17, 15) is 0 Å². The second-order valence-electron chi connectivity index (χ2n) is 6.14. The molecule has 1 aliphatic heterocycles. The van der Waals surface area contributed by atoms with Crippen molar-refractivity contribution in [2.75, 3.05) is 41.7 Å². The number of hydrogen-bond acceptors (Lipinski definition) is 7. The van der Waals surface area contributed by atoms with E-state index in [1.54, 1.807) is 0 Å². The van der Waals surface area contributed by atoms with Gasteiger partial charge in [0.15, 0.2) is 0 Å². The van der Waals surface area contributed by atoms with Crippen LogP contribution < -0.4 is 20.9 Å². The summed E-state index contributed by atoms with van der Waals surface area (Å²) >= 11 is 3.45. The molecular weight excluding hydrogens is 406 g/mol. The molecule has 27 heavy (non-hydrogen) atoms. The van der Waals surface area contributed by atoms with Crippen molar-refractivity contribution in [2.45, 2.75) is 0 Å². The van der Waals surface area contributed by atoms with Crippen molar-refractivity contribution in [2.24, 2.45) is 0 Å². The molecule has 0 saturated carbocycles. The SMILES string of the molecule is Brc1ccc(Nc2nc(Nc3ccccc3)nc(N3CCNCC3)n2)cc1. The number of hydrogen-bond donors (Lipinski definition) is 3. The fourth-order valence-electron chi connectivity index (χ4n) is 2.80. The lowest BCUT2D eigenvalue weighted by Crippen LogP contribution is -2.44. The summed E-state index contributed by atoms with van der Waals surface area (Å²) in [6, 6.07) is 17.8. The van der Waals surface area contributed by atoms with E-state index in [4.69, 9.17) is 0 Å². The van der Waals surface area contributed by atoms with Crippen LogP contribution in [0.25, 0.3) is 0 Å². The van der Waals surface area contributed by atoms with Gasteiger partial charge in [-0.15, -0.1) is 0 Å². The van der Waals surface area contributed by atoms with Gasteiger partial charge < -0.3 is 20.9 Å². The Morgan fingerprint density at radius 2 is 1.37 bits per heavy atom. The number of benzene rings is 2. The maximum atomic E-state index is 4.63. The Kier molecular flexibility index (Phi) is 5.45. The average molecular weight is 426 g/mol. The van der Waals surface area contributed by atoms with Crippen LogP contribution in [0, 0.1) is 0 Å². The molecule has 138 valence electrons. The maximum absolute atomic E-state index is 4.63. The van der Waals surface area contributed by atoms with Crippen molar-refractivity contribution in [3.8, 4) is 0 Å². The molecule has 2 aromatic carbocycles. The number of halogens is 1. The van der Waals surface area contributed by atoms with Crippen molar-refractivity contribution in [1.82, 2.24) is 20.3 Å². The number of para-hydroxylation sites is 1. The van der Waals surface area contributed by atoms with E-state index in [2.05, 4.69) is 51.7 Å². The Balaban J connectivity index is 1.63. The number of nitrogens with one attached hydrogen (secondary N) is 3. The van der Waals surface area contributed by atoms with Gasteiger partial charge >= 0.3 is 0 Å². The molecule has 4 rings (SSSR count). The molecule has 1 aromatic heterocycles. The highest BCUT2D eigenvalue weighted by Crippen LogP contribution is 2.21. The number of anilines is 5. The van der Waals surface area contributed by atoms with E-state index < -0.39 is 0 Å². The van der Waals surface area contributed by atoms with Crippen molar-refractivity contribution < 1.29 is 0 Å². The molecule has 1 saturated heterocycles. The Morgan fingerprint density at radius 3 is 2.00 bits per heavy atom. The smallest absolute Gasteiger partial charge is 0.233 e. The minimum Gasteiger partial charge on any atom is -0.338 e. The third kappa shape index (κ3) is 4.72. The highest BCUT2D eigenvalue weighted by molar-refractivity contribution is 9.10. The summed E-state index contributed by atoms with van der Waals surface area (Å²) in [6.45, 7) is 3.57. The standard InChI is InChI=1S/C19H20BrN7/c20-14-6-8-16(9-7-14)23-18-24-17(22-15-4-2-1-3-5-15)25-19(26-18)27-12-10-21-11-13-27/h1-9,21H,10-13H2,(H2,22,23,24,25,26). The van der Waals surface area contributed by atoms with E-state index in [1.165, 1.54) is 0 Å². The molecule has 3 N–H and O–H groups in total. The molecule has 3 aromatic rings. The lowest BCUT2D eigenvalue weighted by Gasteiger charge is -2.27. The summed E-state index contributed by atoms with van der Waals surface area (Å²) in [5.74, 6) is 1.70. The number of aromatic nitrogens is 3. The minimum absolute atomic E-state index is 0.513. The van der Waals surface area contributed by atoms with E-state index >= 15 is 0 Å². The summed E-state index contributed by atoms with van der Waals surface area (Å²) in [5, 5.41) is 9.89. The zero-order valence-corrected chi connectivity index (χ0v) is 16.3. The van der Waals surface area contributed by atoms with Crippen LogP contribution in [0.15, 0.2) is 59.1 Å².